The van der Waals surface area contributed by atoms with Crippen molar-refractivity contribution >= 4 is 37.3 Å². The fourth-order valence-corrected chi connectivity index (χ4v) is 4.72. The SMILES string of the molecule is CSCCC(N[C@@H](CC(C)C)C(=O)N(C(N)=O)[C@@H](Cc1ccccc1)C(=O)O)P(=O)(O)O. The quantitative estimate of drug-likeness (QED) is 0.259. The van der Waals surface area contributed by atoms with Crippen LogP contribution in [0.15, 0.2) is 30.3 Å². The molecule has 0 fully saturated rings. The molecule has 6 N–H and O–H groups in total. The third-order valence-corrected chi connectivity index (χ3v) is 6.61. The monoisotopic (exact) mass is 489 g/mol. The number of amides is 3. The van der Waals surface area contributed by atoms with Gasteiger partial charge in [0, 0.05) is 6.42 Å². The van der Waals surface area contributed by atoms with Crippen LogP contribution in [-0.2, 0) is 20.6 Å². The Morgan fingerprint density at radius 2 is 1.78 bits per heavy atom. The van der Waals surface area contributed by atoms with Gasteiger partial charge in [-0.3, -0.25) is 14.7 Å². The summed E-state index contributed by atoms with van der Waals surface area (Å²) in [6.45, 7) is 3.59. The number of benzene rings is 1. The number of rotatable bonds is 13. The molecule has 180 valence electrons. The van der Waals surface area contributed by atoms with Crippen LogP contribution >= 0.6 is 19.4 Å². The van der Waals surface area contributed by atoms with E-state index in [1.807, 2.05) is 0 Å². The molecule has 1 unspecified atom stereocenters. The number of carbonyl (C=O) groups excluding carboxylic acids is 2. The maximum atomic E-state index is 13.3. The molecule has 0 aromatic heterocycles. The van der Waals surface area contributed by atoms with Crippen LogP contribution in [-0.4, -0.2) is 67.6 Å². The molecule has 0 aliphatic rings. The van der Waals surface area contributed by atoms with E-state index < -0.39 is 43.4 Å². The number of nitrogens with two attached hydrogens (primary N) is 1. The summed E-state index contributed by atoms with van der Waals surface area (Å²) < 4.78 is 12.0. The smallest absolute Gasteiger partial charge is 0.342 e. The van der Waals surface area contributed by atoms with Crippen molar-refractivity contribution in [2.24, 2.45) is 11.7 Å². The number of carboxylic acid groups (broad SMARTS) is 1. The fourth-order valence-electron chi connectivity index (χ4n) is 3.23. The van der Waals surface area contributed by atoms with E-state index in [-0.39, 0.29) is 25.2 Å². The number of primary amides is 1. The van der Waals surface area contributed by atoms with Crippen LogP contribution in [0.25, 0.3) is 0 Å². The predicted molar refractivity (Wildman–Crippen MR) is 123 cm³/mol. The lowest BCUT2D eigenvalue weighted by Gasteiger charge is -2.32. The Morgan fingerprint density at radius 3 is 2.22 bits per heavy atom. The normalized spacial score (nSPS) is 14.6. The molecule has 0 spiro atoms. The predicted octanol–water partition coefficient (Wildman–Crippen LogP) is 1.85. The van der Waals surface area contributed by atoms with E-state index in [0.29, 0.717) is 16.2 Å². The fraction of sp³-hybridized carbons (Fsp3) is 0.550. The van der Waals surface area contributed by atoms with Gasteiger partial charge in [0.2, 0.25) is 5.91 Å². The van der Waals surface area contributed by atoms with Crippen LogP contribution in [0.4, 0.5) is 4.79 Å². The van der Waals surface area contributed by atoms with Gasteiger partial charge < -0.3 is 20.6 Å². The lowest BCUT2D eigenvalue weighted by atomic mass is 10.00. The number of imide groups is 1. The molecule has 0 heterocycles. The maximum Gasteiger partial charge on any atom is 0.342 e. The Kier molecular flexibility index (Phi) is 11.4. The van der Waals surface area contributed by atoms with E-state index in [1.54, 1.807) is 50.4 Å². The van der Waals surface area contributed by atoms with E-state index in [1.165, 1.54) is 11.8 Å². The minimum absolute atomic E-state index is 0.0796. The van der Waals surface area contributed by atoms with Gasteiger partial charge >= 0.3 is 19.6 Å². The zero-order valence-corrected chi connectivity index (χ0v) is 20.1. The highest BCUT2D eigenvalue weighted by molar-refractivity contribution is 7.98. The third-order valence-electron chi connectivity index (χ3n) is 4.74. The van der Waals surface area contributed by atoms with Crippen molar-refractivity contribution in [3.63, 3.8) is 0 Å². The molecular formula is C20H32N3O7PS. The molecule has 0 saturated carbocycles. The summed E-state index contributed by atoms with van der Waals surface area (Å²) >= 11 is 1.39. The highest BCUT2D eigenvalue weighted by atomic mass is 32.2. The molecule has 1 aromatic rings. The summed E-state index contributed by atoms with van der Waals surface area (Å²) in [6, 6.07) is 4.44. The summed E-state index contributed by atoms with van der Waals surface area (Å²) in [5.41, 5.74) is 6.00. The molecule has 0 aliphatic heterocycles. The maximum absolute atomic E-state index is 13.3. The first kappa shape index (κ1) is 28.1. The third kappa shape index (κ3) is 8.91. The lowest BCUT2D eigenvalue weighted by Crippen LogP contribution is -2.59. The van der Waals surface area contributed by atoms with Gasteiger partial charge in [-0.2, -0.15) is 11.8 Å². The largest absolute Gasteiger partial charge is 0.480 e. The molecular weight excluding hydrogens is 457 g/mol. The van der Waals surface area contributed by atoms with Crippen LogP contribution in [0, 0.1) is 5.92 Å². The van der Waals surface area contributed by atoms with Crippen molar-refractivity contribution in [3.8, 4) is 0 Å². The summed E-state index contributed by atoms with van der Waals surface area (Å²) in [5.74, 6) is -3.34. The molecule has 1 rings (SSSR count). The molecule has 32 heavy (non-hydrogen) atoms. The van der Waals surface area contributed by atoms with Crippen molar-refractivity contribution in [2.45, 2.75) is 51.0 Å². The first-order valence-corrected chi connectivity index (χ1v) is 13.1. The second-order valence-electron chi connectivity index (χ2n) is 7.83. The minimum atomic E-state index is -4.62. The summed E-state index contributed by atoms with van der Waals surface area (Å²) in [4.78, 5) is 57.5. The number of nitrogens with one attached hydrogen (secondary N) is 1. The topological polar surface area (TPSA) is 170 Å². The average Bonchev–Trinajstić information content (AvgIpc) is 2.68. The summed E-state index contributed by atoms with van der Waals surface area (Å²) in [7, 11) is -4.62. The first-order chi connectivity index (χ1) is 14.9. The first-order valence-electron chi connectivity index (χ1n) is 10.1. The highest BCUT2D eigenvalue weighted by Crippen LogP contribution is 2.42. The van der Waals surface area contributed by atoms with Gasteiger partial charge in [0.25, 0.3) is 0 Å². The van der Waals surface area contributed by atoms with E-state index in [0.717, 1.165) is 0 Å². The van der Waals surface area contributed by atoms with Gasteiger partial charge in [-0.1, -0.05) is 44.2 Å². The number of hydrogen-bond acceptors (Lipinski definition) is 6. The van der Waals surface area contributed by atoms with Gasteiger partial charge in [0.1, 0.15) is 11.8 Å². The van der Waals surface area contributed by atoms with Crippen LogP contribution in [0.3, 0.4) is 0 Å². The number of carboxylic acids is 1. The van der Waals surface area contributed by atoms with Gasteiger partial charge in [-0.05, 0) is 36.3 Å². The van der Waals surface area contributed by atoms with Gasteiger partial charge in [0.05, 0.1) is 6.04 Å². The molecule has 3 amide bonds. The number of carbonyl (C=O) groups is 3. The van der Waals surface area contributed by atoms with Gasteiger partial charge in [0.15, 0.2) is 0 Å². The summed E-state index contributed by atoms with van der Waals surface area (Å²) in [6.07, 6.45) is 1.82. The second-order valence-corrected chi connectivity index (χ2v) is 10.6. The van der Waals surface area contributed by atoms with Gasteiger partial charge in [-0.25, -0.2) is 14.5 Å². The highest BCUT2D eigenvalue weighted by Gasteiger charge is 2.40. The van der Waals surface area contributed by atoms with E-state index in [4.69, 9.17) is 5.73 Å². The zero-order valence-electron chi connectivity index (χ0n) is 18.4. The van der Waals surface area contributed by atoms with Crippen LogP contribution in [0.5, 0.6) is 0 Å². The van der Waals surface area contributed by atoms with Crippen LogP contribution < -0.4 is 11.1 Å². The van der Waals surface area contributed by atoms with E-state index in [2.05, 4.69) is 5.32 Å². The molecule has 0 radical (unpaired) electrons. The molecule has 0 aliphatic carbocycles. The van der Waals surface area contributed by atoms with Crippen molar-refractivity contribution in [1.82, 2.24) is 10.2 Å². The Morgan fingerprint density at radius 1 is 1.19 bits per heavy atom. The minimum Gasteiger partial charge on any atom is -0.480 e. The zero-order chi connectivity index (χ0) is 24.5. The standard InChI is InChI=1S/C20H32N3O7PS/c1-13(2)11-15(22-17(9-10-32-3)31(28,29)30)18(24)23(20(21)27)16(19(25)26)12-14-7-5-4-6-8-14/h4-8,13,15-17,22H,9-12H2,1-3H3,(H2,21,27)(H,25,26)(H2,28,29,30)/t15-,16-,17?/m0/s1. The molecule has 3 atom stereocenters. The van der Waals surface area contributed by atoms with Crippen molar-refractivity contribution in [3.05, 3.63) is 35.9 Å². The van der Waals surface area contributed by atoms with Crippen LogP contribution in [0.2, 0.25) is 0 Å². The second kappa shape index (κ2) is 13.0. The van der Waals surface area contributed by atoms with Crippen molar-refractivity contribution < 1.29 is 33.8 Å². The Labute approximate surface area is 192 Å². The Bertz CT molecular complexity index is 819. The van der Waals surface area contributed by atoms with Gasteiger partial charge in [-0.15, -0.1) is 0 Å². The van der Waals surface area contributed by atoms with E-state index in [9.17, 15) is 33.8 Å². The number of thioether (sulfide) groups is 1. The molecule has 0 bridgehead atoms. The van der Waals surface area contributed by atoms with Crippen LogP contribution in [0.1, 0.15) is 32.3 Å². The number of nitrogens with zero attached hydrogens (tertiary/aromatic N) is 1. The number of urea groups is 1. The number of hydrogen-bond donors (Lipinski definition) is 5. The molecule has 10 nitrogen and oxygen atoms in total. The Hall–Kier alpha value is -1.91. The average molecular weight is 490 g/mol. The van der Waals surface area contributed by atoms with Crippen molar-refractivity contribution in [1.29, 1.82) is 0 Å². The number of aliphatic carboxylic acids is 1. The molecule has 1 aromatic carbocycles. The molecule has 0 saturated heterocycles. The van der Waals surface area contributed by atoms with Crippen molar-refractivity contribution in [2.75, 3.05) is 12.0 Å². The van der Waals surface area contributed by atoms with E-state index >= 15 is 0 Å². The Balaban J connectivity index is 3.29. The lowest BCUT2D eigenvalue weighted by molar-refractivity contribution is -0.148. The summed E-state index contributed by atoms with van der Waals surface area (Å²) in [5, 5.41) is 12.4. The molecule has 12 heteroatoms.